The molecular weight excluding hydrogens is 266 g/mol. The van der Waals surface area contributed by atoms with Crippen LogP contribution in [0.4, 0.5) is 17.8 Å². The van der Waals surface area contributed by atoms with Crippen LogP contribution in [-0.4, -0.2) is 34.6 Å². The number of nitrogens with zero attached hydrogens (tertiary/aromatic N) is 4. The van der Waals surface area contributed by atoms with Crippen molar-refractivity contribution < 1.29 is 0 Å². The number of rotatable bonds is 5. The molecule has 0 amide bonds. The molecule has 1 aromatic rings. The van der Waals surface area contributed by atoms with Gasteiger partial charge in [0, 0.05) is 19.6 Å². The van der Waals surface area contributed by atoms with Crippen molar-refractivity contribution in [3.63, 3.8) is 0 Å². The van der Waals surface area contributed by atoms with E-state index in [1.807, 2.05) is 0 Å². The van der Waals surface area contributed by atoms with E-state index < -0.39 is 0 Å². The molecular formula is C14H25N7. The first-order chi connectivity index (χ1) is 10.2. The summed E-state index contributed by atoms with van der Waals surface area (Å²) >= 11 is 0. The summed E-state index contributed by atoms with van der Waals surface area (Å²) in [6, 6.07) is 0. The van der Waals surface area contributed by atoms with E-state index in [2.05, 4.69) is 37.5 Å². The Morgan fingerprint density at radius 3 is 2.38 bits per heavy atom. The lowest BCUT2D eigenvalue weighted by atomic mass is 9.70. The van der Waals surface area contributed by atoms with Gasteiger partial charge in [0.1, 0.15) is 0 Å². The molecule has 1 aliphatic heterocycles. The summed E-state index contributed by atoms with van der Waals surface area (Å²) in [5.41, 5.74) is 2.93. The van der Waals surface area contributed by atoms with Crippen molar-refractivity contribution in [2.24, 2.45) is 11.3 Å². The average Bonchev–Trinajstić information content (AvgIpc) is 2.51. The molecule has 1 aliphatic carbocycles. The molecule has 2 aliphatic rings. The van der Waals surface area contributed by atoms with Gasteiger partial charge < -0.3 is 10.2 Å². The van der Waals surface area contributed by atoms with Crippen molar-refractivity contribution in [2.45, 2.75) is 45.4 Å². The number of hydrazine groups is 1. The maximum absolute atomic E-state index is 5.49. The molecule has 2 fully saturated rings. The SMILES string of the molecule is CC1(CNc2nc(NN)nc(N3CCCCC3)n2)CCC1. The minimum Gasteiger partial charge on any atom is -0.353 e. The van der Waals surface area contributed by atoms with Gasteiger partial charge in [-0.2, -0.15) is 15.0 Å². The number of nitrogens with two attached hydrogens (primary N) is 1. The molecule has 116 valence electrons. The first-order valence-electron chi connectivity index (χ1n) is 7.90. The van der Waals surface area contributed by atoms with Crippen LogP contribution in [0.25, 0.3) is 0 Å². The van der Waals surface area contributed by atoms with Gasteiger partial charge in [0.15, 0.2) is 0 Å². The van der Waals surface area contributed by atoms with Crippen molar-refractivity contribution >= 4 is 17.8 Å². The number of nitrogen functional groups attached to an aromatic ring is 1. The zero-order chi connectivity index (χ0) is 14.7. The van der Waals surface area contributed by atoms with Gasteiger partial charge in [-0.25, -0.2) is 5.84 Å². The number of nitrogens with one attached hydrogen (secondary N) is 2. The summed E-state index contributed by atoms with van der Waals surface area (Å²) in [5, 5.41) is 3.36. The Hall–Kier alpha value is -1.63. The van der Waals surface area contributed by atoms with Crippen molar-refractivity contribution in [1.82, 2.24) is 15.0 Å². The molecule has 1 saturated heterocycles. The Labute approximate surface area is 125 Å². The predicted octanol–water partition coefficient (Wildman–Crippen LogP) is 1.75. The molecule has 3 rings (SSSR count). The lowest BCUT2D eigenvalue weighted by molar-refractivity contribution is 0.179. The predicted molar refractivity (Wildman–Crippen MR) is 84.1 cm³/mol. The quantitative estimate of drug-likeness (QED) is 0.562. The van der Waals surface area contributed by atoms with Crippen LogP contribution in [0, 0.1) is 5.41 Å². The number of hydrogen-bond donors (Lipinski definition) is 3. The average molecular weight is 291 g/mol. The maximum atomic E-state index is 5.49. The smallest absolute Gasteiger partial charge is 0.243 e. The number of piperidine rings is 1. The molecule has 0 atom stereocenters. The summed E-state index contributed by atoms with van der Waals surface area (Å²) in [4.78, 5) is 15.5. The van der Waals surface area contributed by atoms with Crippen molar-refractivity contribution in [2.75, 3.05) is 35.3 Å². The summed E-state index contributed by atoms with van der Waals surface area (Å²) in [7, 11) is 0. The molecule has 0 bridgehead atoms. The molecule has 1 saturated carbocycles. The lowest BCUT2D eigenvalue weighted by Gasteiger charge is -2.38. The third-order valence-corrected chi connectivity index (χ3v) is 4.63. The van der Waals surface area contributed by atoms with Crippen molar-refractivity contribution in [1.29, 1.82) is 0 Å². The standard InChI is InChI=1S/C14H25N7/c1-14(6-5-7-14)10-16-11-17-12(20-15)19-13(18-11)21-8-3-2-4-9-21/h2-10,15H2,1H3,(H2,16,17,18,19,20). The van der Waals surface area contributed by atoms with E-state index in [4.69, 9.17) is 5.84 Å². The third-order valence-electron chi connectivity index (χ3n) is 4.63. The lowest BCUT2D eigenvalue weighted by Crippen LogP contribution is -2.34. The number of hydrogen-bond acceptors (Lipinski definition) is 7. The van der Waals surface area contributed by atoms with Crippen LogP contribution in [-0.2, 0) is 0 Å². The van der Waals surface area contributed by atoms with E-state index in [0.717, 1.165) is 25.6 Å². The minimum atomic E-state index is 0.383. The van der Waals surface area contributed by atoms with E-state index in [-0.39, 0.29) is 0 Å². The summed E-state index contributed by atoms with van der Waals surface area (Å²) in [5.74, 6) is 7.25. The molecule has 21 heavy (non-hydrogen) atoms. The van der Waals surface area contributed by atoms with Gasteiger partial charge >= 0.3 is 0 Å². The van der Waals surface area contributed by atoms with E-state index in [1.165, 1.54) is 38.5 Å². The highest BCUT2D eigenvalue weighted by Gasteiger charge is 2.31. The van der Waals surface area contributed by atoms with Gasteiger partial charge in [-0.05, 0) is 37.5 Å². The zero-order valence-corrected chi connectivity index (χ0v) is 12.7. The molecule has 1 aromatic heterocycles. The number of anilines is 3. The van der Waals surface area contributed by atoms with Gasteiger partial charge in [-0.15, -0.1) is 0 Å². The van der Waals surface area contributed by atoms with Crippen LogP contribution < -0.4 is 21.5 Å². The highest BCUT2D eigenvalue weighted by atomic mass is 15.4. The molecule has 0 spiro atoms. The molecule has 0 aromatic carbocycles. The Balaban J connectivity index is 1.72. The van der Waals surface area contributed by atoms with Gasteiger partial charge in [0.05, 0.1) is 0 Å². The minimum absolute atomic E-state index is 0.383. The largest absolute Gasteiger partial charge is 0.353 e. The highest BCUT2D eigenvalue weighted by Crippen LogP contribution is 2.40. The second-order valence-corrected chi connectivity index (χ2v) is 6.49. The van der Waals surface area contributed by atoms with Crippen molar-refractivity contribution in [3.8, 4) is 0 Å². The summed E-state index contributed by atoms with van der Waals surface area (Å²) in [6.07, 6.45) is 7.53. The second kappa shape index (κ2) is 6.01. The maximum Gasteiger partial charge on any atom is 0.243 e. The highest BCUT2D eigenvalue weighted by molar-refractivity contribution is 5.43. The Morgan fingerprint density at radius 2 is 1.76 bits per heavy atom. The molecule has 4 N–H and O–H groups in total. The van der Waals surface area contributed by atoms with Crippen LogP contribution in [0.1, 0.15) is 45.4 Å². The van der Waals surface area contributed by atoms with Gasteiger partial charge in [-0.1, -0.05) is 13.3 Å². The molecule has 7 nitrogen and oxygen atoms in total. The van der Waals surface area contributed by atoms with Crippen LogP contribution >= 0.6 is 0 Å². The van der Waals surface area contributed by atoms with Crippen molar-refractivity contribution in [3.05, 3.63) is 0 Å². The van der Waals surface area contributed by atoms with Crippen LogP contribution in [0.15, 0.2) is 0 Å². The van der Waals surface area contributed by atoms with E-state index in [1.54, 1.807) is 0 Å². The Morgan fingerprint density at radius 1 is 1.05 bits per heavy atom. The topological polar surface area (TPSA) is 92.0 Å². The Kier molecular flexibility index (Phi) is 4.10. The summed E-state index contributed by atoms with van der Waals surface area (Å²) < 4.78 is 0. The Bertz CT molecular complexity index is 480. The first kappa shape index (κ1) is 14.3. The number of aromatic nitrogens is 3. The van der Waals surface area contributed by atoms with E-state index in [0.29, 0.717) is 17.3 Å². The van der Waals surface area contributed by atoms with E-state index >= 15 is 0 Å². The molecule has 0 unspecified atom stereocenters. The fourth-order valence-corrected chi connectivity index (χ4v) is 2.99. The van der Waals surface area contributed by atoms with E-state index in [9.17, 15) is 0 Å². The van der Waals surface area contributed by atoms with Crippen LogP contribution in [0.5, 0.6) is 0 Å². The first-order valence-corrected chi connectivity index (χ1v) is 7.90. The normalized spacial score (nSPS) is 20.8. The van der Waals surface area contributed by atoms with Gasteiger partial charge in [0.25, 0.3) is 0 Å². The third kappa shape index (κ3) is 3.34. The second-order valence-electron chi connectivity index (χ2n) is 6.49. The monoisotopic (exact) mass is 291 g/mol. The fraction of sp³-hybridized carbons (Fsp3) is 0.786. The summed E-state index contributed by atoms with van der Waals surface area (Å²) in [6.45, 7) is 5.22. The molecule has 0 radical (unpaired) electrons. The molecule has 2 heterocycles. The molecule has 7 heteroatoms. The fourth-order valence-electron chi connectivity index (χ4n) is 2.99. The van der Waals surface area contributed by atoms with Gasteiger partial charge in [-0.3, -0.25) is 5.43 Å². The van der Waals surface area contributed by atoms with Gasteiger partial charge in [0.2, 0.25) is 17.8 Å². The van der Waals surface area contributed by atoms with Crippen LogP contribution in [0.3, 0.4) is 0 Å². The van der Waals surface area contributed by atoms with Crippen LogP contribution in [0.2, 0.25) is 0 Å². The zero-order valence-electron chi connectivity index (χ0n) is 12.7.